The molecule has 0 amide bonds. The van der Waals surface area contributed by atoms with Crippen molar-refractivity contribution >= 4 is 5.69 Å². The maximum absolute atomic E-state index is 13.2. The molecule has 1 aromatic rings. The van der Waals surface area contributed by atoms with Crippen LogP contribution < -0.4 is 4.90 Å². The second-order valence-corrected chi connectivity index (χ2v) is 5.73. The first-order valence-electron chi connectivity index (χ1n) is 7.51. The van der Waals surface area contributed by atoms with Crippen LogP contribution in [0.15, 0.2) is 18.2 Å². The fourth-order valence-electron chi connectivity index (χ4n) is 3.06. The van der Waals surface area contributed by atoms with Gasteiger partial charge in [-0.05, 0) is 36.5 Å². The monoisotopic (exact) mass is 301 g/mol. The van der Waals surface area contributed by atoms with Crippen LogP contribution in [-0.4, -0.2) is 18.2 Å². The molecule has 1 aliphatic rings. The lowest BCUT2D eigenvalue weighted by Gasteiger charge is -2.35. The van der Waals surface area contributed by atoms with Crippen molar-refractivity contribution in [2.75, 3.05) is 18.0 Å². The smallest absolute Gasteiger partial charge is 0.392 e. The zero-order valence-corrected chi connectivity index (χ0v) is 12.3. The van der Waals surface area contributed by atoms with E-state index in [1.807, 2.05) is 4.90 Å². The van der Waals surface area contributed by atoms with E-state index in [-0.39, 0.29) is 12.3 Å². The molecule has 1 aliphatic heterocycles. The molecule has 0 aromatic heterocycles. The van der Waals surface area contributed by atoms with Crippen molar-refractivity contribution in [3.8, 4) is 0 Å². The van der Waals surface area contributed by atoms with E-state index in [4.69, 9.17) is 5.11 Å². The molecule has 21 heavy (non-hydrogen) atoms. The number of rotatable bonds is 4. The van der Waals surface area contributed by atoms with Crippen LogP contribution in [-0.2, 0) is 12.8 Å². The van der Waals surface area contributed by atoms with Gasteiger partial charge in [-0.2, -0.15) is 13.2 Å². The normalized spacial score (nSPS) is 17.3. The van der Waals surface area contributed by atoms with Gasteiger partial charge in [0.15, 0.2) is 0 Å². The predicted molar refractivity (Wildman–Crippen MR) is 77.2 cm³/mol. The zero-order chi connectivity index (χ0) is 15.5. The van der Waals surface area contributed by atoms with E-state index in [0.29, 0.717) is 24.6 Å². The molecule has 1 heterocycles. The molecule has 0 bridgehead atoms. The van der Waals surface area contributed by atoms with Gasteiger partial charge in [0.25, 0.3) is 0 Å². The highest BCUT2D eigenvalue weighted by molar-refractivity contribution is 5.56. The van der Waals surface area contributed by atoms with Crippen molar-refractivity contribution in [1.29, 1.82) is 0 Å². The summed E-state index contributed by atoms with van der Waals surface area (Å²) in [4.78, 5) is 1.83. The Labute approximate surface area is 123 Å². The van der Waals surface area contributed by atoms with Gasteiger partial charge >= 0.3 is 6.18 Å². The van der Waals surface area contributed by atoms with Gasteiger partial charge in [-0.1, -0.05) is 25.8 Å². The second kappa shape index (κ2) is 6.69. The summed E-state index contributed by atoms with van der Waals surface area (Å²) >= 11 is 0. The lowest BCUT2D eigenvalue weighted by Crippen LogP contribution is -2.35. The largest absolute Gasteiger partial charge is 0.418 e. The number of nitrogens with zero attached hydrogens (tertiary/aromatic N) is 1. The number of anilines is 1. The molecule has 0 aliphatic carbocycles. The SMILES string of the molecule is CCCC1CCN(c2ccc(CO)cc2C(F)(F)F)CC1. The molecule has 1 aromatic carbocycles. The minimum atomic E-state index is -4.39. The van der Waals surface area contributed by atoms with Crippen molar-refractivity contribution < 1.29 is 18.3 Å². The summed E-state index contributed by atoms with van der Waals surface area (Å²) in [6.07, 6.45) is -0.201. The van der Waals surface area contributed by atoms with E-state index in [0.717, 1.165) is 31.7 Å². The Kier molecular flexibility index (Phi) is 5.14. The highest BCUT2D eigenvalue weighted by Crippen LogP contribution is 2.38. The minimum Gasteiger partial charge on any atom is -0.392 e. The third kappa shape index (κ3) is 3.90. The van der Waals surface area contributed by atoms with Crippen LogP contribution >= 0.6 is 0 Å². The van der Waals surface area contributed by atoms with Gasteiger partial charge in [-0.25, -0.2) is 0 Å². The first-order chi connectivity index (χ1) is 9.95. The Morgan fingerprint density at radius 1 is 1.24 bits per heavy atom. The molecule has 0 spiro atoms. The number of benzene rings is 1. The van der Waals surface area contributed by atoms with Crippen LogP contribution in [0.25, 0.3) is 0 Å². The van der Waals surface area contributed by atoms with Crippen molar-refractivity contribution in [1.82, 2.24) is 0 Å². The molecule has 1 saturated heterocycles. The number of halogens is 3. The molecule has 1 N–H and O–H groups in total. The molecular weight excluding hydrogens is 279 g/mol. The molecule has 5 heteroatoms. The summed E-state index contributed by atoms with van der Waals surface area (Å²) in [6.45, 7) is 3.11. The summed E-state index contributed by atoms with van der Waals surface area (Å²) in [5.41, 5.74) is -0.0930. The third-order valence-corrected chi connectivity index (χ3v) is 4.20. The topological polar surface area (TPSA) is 23.5 Å². The lowest BCUT2D eigenvalue weighted by atomic mass is 9.92. The van der Waals surface area contributed by atoms with Crippen LogP contribution in [0.3, 0.4) is 0 Å². The molecule has 0 unspecified atom stereocenters. The average molecular weight is 301 g/mol. The number of alkyl halides is 3. The second-order valence-electron chi connectivity index (χ2n) is 5.73. The number of hydrogen-bond donors (Lipinski definition) is 1. The summed E-state index contributed by atoms with van der Waals surface area (Å²) < 4.78 is 39.6. The number of hydrogen-bond acceptors (Lipinski definition) is 2. The van der Waals surface area contributed by atoms with Gasteiger partial charge in [0.2, 0.25) is 0 Å². The van der Waals surface area contributed by atoms with Gasteiger partial charge in [-0.15, -0.1) is 0 Å². The Bertz CT molecular complexity index is 465. The fourth-order valence-corrected chi connectivity index (χ4v) is 3.06. The molecule has 0 saturated carbocycles. The van der Waals surface area contributed by atoms with Crippen molar-refractivity contribution in [3.05, 3.63) is 29.3 Å². The zero-order valence-electron chi connectivity index (χ0n) is 12.3. The van der Waals surface area contributed by atoms with E-state index in [1.165, 1.54) is 6.07 Å². The van der Waals surface area contributed by atoms with E-state index in [9.17, 15) is 13.2 Å². The summed E-state index contributed by atoms with van der Waals surface area (Å²) in [5, 5.41) is 9.04. The third-order valence-electron chi connectivity index (χ3n) is 4.20. The lowest BCUT2D eigenvalue weighted by molar-refractivity contribution is -0.137. The quantitative estimate of drug-likeness (QED) is 0.900. The van der Waals surface area contributed by atoms with Gasteiger partial charge in [-0.3, -0.25) is 0 Å². The first kappa shape index (κ1) is 16.1. The summed E-state index contributed by atoms with van der Waals surface area (Å²) in [6, 6.07) is 4.13. The maximum atomic E-state index is 13.2. The molecule has 0 radical (unpaired) electrons. The fraction of sp³-hybridized carbons (Fsp3) is 0.625. The van der Waals surface area contributed by atoms with Crippen LogP contribution in [0.4, 0.5) is 18.9 Å². The summed E-state index contributed by atoms with van der Waals surface area (Å²) in [7, 11) is 0. The molecule has 2 rings (SSSR count). The number of aliphatic hydroxyl groups is 1. The van der Waals surface area contributed by atoms with Crippen molar-refractivity contribution in [3.63, 3.8) is 0 Å². The van der Waals surface area contributed by atoms with Gasteiger partial charge in [0.05, 0.1) is 12.2 Å². The Morgan fingerprint density at radius 3 is 2.43 bits per heavy atom. The molecule has 1 fully saturated rings. The summed E-state index contributed by atoms with van der Waals surface area (Å²) in [5.74, 6) is 0.636. The van der Waals surface area contributed by atoms with Crippen LogP contribution in [0.2, 0.25) is 0 Å². The highest BCUT2D eigenvalue weighted by Gasteiger charge is 2.35. The van der Waals surface area contributed by atoms with Crippen LogP contribution in [0, 0.1) is 5.92 Å². The first-order valence-corrected chi connectivity index (χ1v) is 7.51. The van der Waals surface area contributed by atoms with E-state index in [2.05, 4.69) is 6.92 Å². The average Bonchev–Trinajstić information content (AvgIpc) is 2.47. The van der Waals surface area contributed by atoms with Crippen LogP contribution in [0.5, 0.6) is 0 Å². The van der Waals surface area contributed by atoms with E-state index < -0.39 is 11.7 Å². The van der Waals surface area contributed by atoms with E-state index >= 15 is 0 Å². The molecule has 2 nitrogen and oxygen atoms in total. The van der Waals surface area contributed by atoms with Crippen molar-refractivity contribution in [2.45, 2.75) is 45.4 Å². The van der Waals surface area contributed by atoms with Gasteiger partial charge in [0.1, 0.15) is 0 Å². The molecule has 118 valence electrons. The predicted octanol–water partition coefficient (Wildman–Crippen LogP) is 4.21. The van der Waals surface area contributed by atoms with Gasteiger partial charge < -0.3 is 10.0 Å². The number of aliphatic hydroxyl groups excluding tert-OH is 1. The minimum absolute atomic E-state index is 0.245. The number of piperidine rings is 1. The van der Waals surface area contributed by atoms with Crippen molar-refractivity contribution in [2.24, 2.45) is 5.92 Å². The maximum Gasteiger partial charge on any atom is 0.418 e. The molecular formula is C16H22F3NO. The highest BCUT2D eigenvalue weighted by atomic mass is 19.4. The van der Waals surface area contributed by atoms with E-state index in [1.54, 1.807) is 6.07 Å². The Hall–Kier alpha value is -1.23. The van der Waals surface area contributed by atoms with Crippen LogP contribution in [0.1, 0.15) is 43.7 Å². The Balaban J connectivity index is 2.20. The Morgan fingerprint density at radius 2 is 1.90 bits per heavy atom. The van der Waals surface area contributed by atoms with Gasteiger partial charge in [0, 0.05) is 18.8 Å². The standard InChI is InChI=1S/C16H22F3NO/c1-2-3-12-6-8-20(9-7-12)15-5-4-13(11-21)10-14(15)16(17,18)19/h4-5,10,12,21H,2-3,6-9,11H2,1H3. The molecule has 0 atom stereocenters.